The molecule has 0 radical (unpaired) electrons. The highest BCUT2D eigenvalue weighted by atomic mass is 16.5. The first kappa shape index (κ1) is 19.9. The molecule has 1 aliphatic rings. The Hall–Kier alpha value is -2.82. The number of aliphatic carboxylic acids is 1. The van der Waals surface area contributed by atoms with E-state index in [2.05, 4.69) is 43.4 Å². The number of hydrogen-bond acceptors (Lipinski definition) is 3. The molecule has 0 bridgehead atoms. The monoisotopic (exact) mass is 381 g/mol. The SMILES string of the molecule is Cc1cccc2c1-c1c(C)cccc1C2COC(=O)N[C@H](CC(C)C)C(=O)O. The third-order valence-corrected chi connectivity index (χ3v) is 5.29. The van der Waals surface area contributed by atoms with Crippen molar-refractivity contribution in [1.29, 1.82) is 0 Å². The maximum absolute atomic E-state index is 12.3. The zero-order chi connectivity index (χ0) is 20.4. The lowest BCUT2D eigenvalue weighted by molar-refractivity contribution is -0.139. The third kappa shape index (κ3) is 3.88. The molecule has 28 heavy (non-hydrogen) atoms. The number of carboxylic acid groups (broad SMARTS) is 1. The van der Waals surface area contributed by atoms with Crippen molar-refractivity contribution in [2.75, 3.05) is 6.61 Å². The van der Waals surface area contributed by atoms with E-state index in [-0.39, 0.29) is 18.4 Å². The molecule has 1 amide bonds. The molecule has 0 aliphatic heterocycles. The molecule has 5 nitrogen and oxygen atoms in total. The summed E-state index contributed by atoms with van der Waals surface area (Å²) in [4.78, 5) is 23.6. The molecule has 0 heterocycles. The van der Waals surface area contributed by atoms with Gasteiger partial charge in [-0.15, -0.1) is 0 Å². The van der Waals surface area contributed by atoms with Crippen LogP contribution in [0.15, 0.2) is 36.4 Å². The van der Waals surface area contributed by atoms with E-state index < -0.39 is 18.1 Å². The summed E-state index contributed by atoms with van der Waals surface area (Å²) in [6.45, 7) is 8.19. The second kappa shape index (κ2) is 8.05. The van der Waals surface area contributed by atoms with E-state index in [0.29, 0.717) is 6.42 Å². The van der Waals surface area contributed by atoms with Gasteiger partial charge in [0.25, 0.3) is 0 Å². The van der Waals surface area contributed by atoms with Crippen molar-refractivity contribution in [3.8, 4) is 11.1 Å². The van der Waals surface area contributed by atoms with E-state index in [4.69, 9.17) is 4.74 Å². The lowest BCUT2D eigenvalue weighted by atomic mass is 9.97. The van der Waals surface area contributed by atoms with Crippen LogP contribution in [0.4, 0.5) is 4.79 Å². The molecule has 2 aromatic rings. The molecule has 148 valence electrons. The second-order valence-corrected chi connectivity index (χ2v) is 7.89. The fourth-order valence-electron chi connectivity index (χ4n) is 4.03. The Morgan fingerprint density at radius 1 is 1.04 bits per heavy atom. The Balaban J connectivity index is 1.79. The number of benzene rings is 2. The van der Waals surface area contributed by atoms with Crippen LogP contribution in [0.2, 0.25) is 0 Å². The van der Waals surface area contributed by atoms with Gasteiger partial charge in [-0.1, -0.05) is 50.2 Å². The summed E-state index contributed by atoms with van der Waals surface area (Å²) in [5.74, 6) is -0.946. The molecule has 3 rings (SSSR count). The van der Waals surface area contributed by atoms with Crippen LogP contribution in [0.3, 0.4) is 0 Å². The molecule has 0 fully saturated rings. The Morgan fingerprint density at radius 2 is 1.57 bits per heavy atom. The number of rotatable bonds is 6. The highest BCUT2D eigenvalue weighted by Crippen LogP contribution is 2.47. The van der Waals surface area contributed by atoms with Gasteiger partial charge in [0.05, 0.1) is 0 Å². The minimum atomic E-state index is -1.05. The maximum Gasteiger partial charge on any atom is 0.407 e. The summed E-state index contributed by atoms with van der Waals surface area (Å²) in [7, 11) is 0. The van der Waals surface area contributed by atoms with Gasteiger partial charge in [0.15, 0.2) is 0 Å². The van der Waals surface area contributed by atoms with E-state index in [1.165, 1.54) is 22.3 Å². The predicted molar refractivity (Wildman–Crippen MR) is 109 cm³/mol. The Kier molecular flexibility index (Phi) is 5.73. The predicted octanol–water partition coefficient (Wildman–Crippen LogP) is 4.64. The largest absolute Gasteiger partial charge is 0.480 e. The lowest BCUT2D eigenvalue weighted by Crippen LogP contribution is -2.42. The number of fused-ring (bicyclic) bond motifs is 3. The molecule has 0 unspecified atom stereocenters. The van der Waals surface area contributed by atoms with E-state index in [1.807, 2.05) is 26.0 Å². The zero-order valence-corrected chi connectivity index (χ0v) is 16.8. The molecule has 0 spiro atoms. The number of alkyl carbamates (subject to hydrolysis) is 1. The summed E-state index contributed by atoms with van der Waals surface area (Å²) >= 11 is 0. The molecule has 0 saturated heterocycles. The van der Waals surface area contributed by atoms with Crippen LogP contribution in [0.1, 0.15) is 48.4 Å². The van der Waals surface area contributed by atoms with Gasteiger partial charge >= 0.3 is 12.1 Å². The number of carbonyl (C=O) groups excluding carboxylic acids is 1. The van der Waals surface area contributed by atoms with Crippen molar-refractivity contribution in [2.24, 2.45) is 5.92 Å². The van der Waals surface area contributed by atoms with Crippen LogP contribution in [0.5, 0.6) is 0 Å². The fraction of sp³-hybridized carbons (Fsp3) is 0.391. The van der Waals surface area contributed by atoms with Gasteiger partial charge in [-0.05, 0) is 59.6 Å². The van der Waals surface area contributed by atoms with Gasteiger partial charge in [0, 0.05) is 5.92 Å². The number of hydrogen-bond donors (Lipinski definition) is 2. The van der Waals surface area contributed by atoms with Gasteiger partial charge in [-0.2, -0.15) is 0 Å². The van der Waals surface area contributed by atoms with Crippen molar-refractivity contribution in [1.82, 2.24) is 5.32 Å². The summed E-state index contributed by atoms with van der Waals surface area (Å²) in [5, 5.41) is 11.8. The standard InChI is InChI=1S/C23H27NO4/c1-13(2)11-19(22(25)26)24-23(27)28-12-18-16-9-5-7-14(3)20(16)21-15(4)8-6-10-17(18)21/h5-10,13,18-19H,11-12H2,1-4H3,(H,24,27)(H,25,26)/t19-/m1/s1. The lowest BCUT2D eigenvalue weighted by Gasteiger charge is -2.18. The molecule has 1 atom stereocenters. The first-order valence-corrected chi connectivity index (χ1v) is 9.65. The number of ether oxygens (including phenoxy) is 1. The summed E-state index contributed by atoms with van der Waals surface area (Å²) < 4.78 is 5.47. The van der Waals surface area contributed by atoms with Gasteiger partial charge in [-0.25, -0.2) is 9.59 Å². The molecular formula is C23H27NO4. The van der Waals surface area contributed by atoms with E-state index >= 15 is 0 Å². The Labute approximate surface area is 165 Å². The second-order valence-electron chi connectivity index (χ2n) is 7.89. The molecule has 2 aromatic carbocycles. The zero-order valence-electron chi connectivity index (χ0n) is 16.8. The molecule has 1 aliphatic carbocycles. The van der Waals surface area contributed by atoms with E-state index in [0.717, 1.165) is 11.1 Å². The van der Waals surface area contributed by atoms with Crippen LogP contribution < -0.4 is 5.32 Å². The van der Waals surface area contributed by atoms with E-state index in [9.17, 15) is 14.7 Å². The average Bonchev–Trinajstić information content (AvgIpc) is 2.95. The topological polar surface area (TPSA) is 75.6 Å². The average molecular weight is 381 g/mol. The van der Waals surface area contributed by atoms with Gasteiger partial charge < -0.3 is 15.2 Å². The highest BCUT2D eigenvalue weighted by Gasteiger charge is 2.32. The molecule has 2 N–H and O–H groups in total. The summed E-state index contributed by atoms with van der Waals surface area (Å²) in [5.41, 5.74) is 7.12. The van der Waals surface area contributed by atoms with Crippen LogP contribution in [-0.2, 0) is 9.53 Å². The Bertz CT molecular complexity index is 852. The first-order chi connectivity index (χ1) is 13.3. The van der Waals surface area contributed by atoms with Gasteiger partial charge in [-0.3, -0.25) is 0 Å². The van der Waals surface area contributed by atoms with Crippen molar-refractivity contribution in [3.05, 3.63) is 58.7 Å². The third-order valence-electron chi connectivity index (χ3n) is 5.29. The van der Waals surface area contributed by atoms with Crippen LogP contribution in [-0.4, -0.2) is 29.8 Å². The first-order valence-electron chi connectivity index (χ1n) is 9.65. The fourth-order valence-corrected chi connectivity index (χ4v) is 4.03. The van der Waals surface area contributed by atoms with E-state index in [1.54, 1.807) is 0 Å². The van der Waals surface area contributed by atoms with Crippen molar-refractivity contribution in [2.45, 2.75) is 46.1 Å². The Morgan fingerprint density at radius 3 is 2.04 bits per heavy atom. The molecule has 0 aromatic heterocycles. The quantitative estimate of drug-likeness (QED) is 0.764. The maximum atomic E-state index is 12.3. The van der Waals surface area contributed by atoms with Crippen LogP contribution in [0.25, 0.3) is 11.1 Å². The van der Waals surface area contributed by atoms with Crippen LogP contribution >= 0.6 is 0 Å². The van der Waals surface area contributed by atoms with Gasteiger partial charge in [0.2, 0.25) is 0 Å². The molecule has 5 heteroatoms. The minimum Gasteiger partial charge on any atom is -0.480 e. The molecule has 0 saturated carbocycles. The van der Waals surface area contributed by atoms with Crippen molar-refractivity contribution < 1.29 is 19.4 Å². The minimum absolute atomic E-state index is 0.0519. The summed E-state index contributed by atoms with van der Waals surface area (Å²) in [6.07, 6.45) is -0.332. The number of aryl methyl sites for hydroxylation is 2. The van der Waals surface area contributed by atoms with Crippen molar-refractivity contribution >= 4 is 12.1 Å². The molecular weight excluding hydrogens is 354 g/mol. The van der Waals surface area contributed by atoms with Gasteiger partial charge in [0.1, 0.15) is 12.6 Å². The van der Waals surface area contributed by atoms with Crippen LogP contribution in [0, 0.1) is 19.8 Å². The number of carboxylic acids is 1. The number of amides is 1. The van der Waals surface area contributed by atoms with Crippen molar-refractivity contribution in [3.63, 3.8) is 0 Å². The number of carbonyl (C=O) groups is 2. The number of nitrogens with one attached hydrogen (secondary N) is 1. The summed E-state index contributed by atoms with van der Waals surface area (Å²) in [6, 6.07) is 11.4. The normalized spacial score (nSPS) is 13.8. The smallest absolute Gasteiger partial charge is 0.407 e. The highest BCUT2D eigenvalue weighted by molar-refractivity contribution is 5.84.